The van der Waals surface area contributed by atoms with Gasteiger partial charge in [-0.3, -0.25) is 0 Å². The third kappa shape index (κ3) is 2.59. The summed E-state index contributed by atoms with van der Waals surface area (Å²) in [6.07, 6.45) is 0. The van der Waals surface area contributed by atoms with Crippen LogP contribution < -0.4 is 9.64 Å². The number of nitrogens with zero attached hydrogens (tertiary/aromatic N) is 1. The number of ether oxygens (including phenoxy) is 1. The molecule has 3 nitrogen and oxygen atoms in total. The lowest BCUT2D eigenvalue weighted by atomic mass is 9.84. The summed E-state index contributed by atoms with van der Waals surface area (Å²) >= 11 is 0. The van der Waals surface area contributed by atoms with Crippen molar-refractivity contribution in [2.75, 3.05) is 4.90 Å². The molecule has 0 N–H and O–H groups in total. The molecule has 3 aromatic rings. The first kappa shape index (κ1) is 16.8. The molecule has 0 aliphatic carbocycles. The van der Waals surface area contributed by atoms with Gasteiger partial charge < -0.3 is 14.1 Å². The average Bonchev–Trinajstić information content (AvgIpc) is 2.92. The molecular formula is C23H25NO2. The van der Waals surface area contributed by atoms with E-state index in [-0.39, 0.29) is 5.41 Å². The van der Waals surface area contributed by atoms with Crippen molar-refractivity contribution < 1.29 is 9.15 Å². The second-order valence-electron chi connectivity index (χ2n) is 8.14. The highest BCUT2D eigenvalue weighted by Gasteiger charge is 2.31. The molecule has 0 spiro atoms. The van der Waals surface area contributed by atoms with Gasteiger partial charge in [-0.1, -0.05) is 45.0 Å². The Kier molecular flexibility index (Phi) is 3.65. The Hall–Kier alpha value is -2.68. The fraction of sp³-hybridized carbons (Fsp3) is 0.304. The van der Waals surface area contributed by atoms with E-state index in [2.05, 4.69) is 57.7 Å². The maximum absolute atomic E-state index is 6.00. The highest BCUT2D eigenvalue weighted by atomic mass is 16.6. The fourth-order valence-corrected chi connectivity index (χ4v) is 3.65. The van der Waals surface area contributed by atoms with Crippen LogP contribution in [0.4, 0.5) is 17.1 Å². The maximum atomic E-state index is 6.00. The molecule has 134 valence electrons. The molecule has 0 radical (unpaired) electrons. The highest BCUT2D eigenvalue weighted by Crippen LogP contribution is 2.53. The van der Waals surface area contributed by atoms with Crippen molar-refractivity contribution in [3.05, 3.63) is 64.9 Å². The van der Waals surface area contributed by atoms with Gasteiger partial charge in [0.1, 0.15) is 11.4 Å². The molecule has 0 fully saturated rings. The van der Waals surface area contributed by atoms with E-state index in [4.69, 9.17) is 9.15 Å². The second kappa shape index (κ2) is 5.66. The maximum Gasteiger partial charge on any atom is 0.315 e. The molecule has 0 atom stereocenters. The molecule has 0 saturated heterocycles. The molecule has 2 heterocycles. The minimum Gasteiger partial charge on any atom is -0.429 e. The van der Waals surface area contributed by atoms with Gasteiger partial charge in [0.15, 0.2) is 5.75 Å². The molecule has 0 amide bonds. The van der Waals surface area contributed by atoms with Crippen molar-refractivity contribution in [2.45, 2.75) is 47.0 Å². The van der Waals surface area contributed by atoms with E-state index >= 15 is 0 Å². The van der Waals surface area contributed by atoms with Crippen LogP contribution in [-0.2, 0) is 5.41 Å². The van der Waals surface area contributed by atoms with E-state index in [1.54, 1.807) is 0 Å². The monoisotopic (exact) mass is 347 g/mol. The first-order valence-corrected chi connectivity index (χ1v) is 9.05. The molecule has 1 aromatic heterocycles. The molecular weight excluding hydrogens is 322 g/mol. The van der Waals surface area contributed by atoms with Gasteiger partial charge in [-0.25, -0.2) is 0 Å². The Bertz CT molecular complexity index is 969. The molecule has 0 bridgehead atoms. The van der Waals surface area contributed by atoms with Crippen LogP contribution in [0.15, 0.2) is 46.9 Å². The summed E-state index contributed by atoms with van der Waals surface area (Å²) in [6, 6.07) is 14.7. The molecule has 26 heavy (non-hydrogen) atoms. The smallest absolute Gasteiger partial charge is 0.315 e. The van der Waals surface area contributed by atoms with Crippen LogP contribution >= 0.6 is 0 Å². The van der Waals surface area contributed by atoms with Crippen LogP contribution in [-0.4, -0.2) is 0 Å². The predicted octanol–water partition coefficient (Wildman–Crippen LogP) is 7.08. The van der Waals surface area contributed by atoms with Gasteiger partial charge in [0.2, 0.25) is 0 Å². The normalized spacial score (nSPS) is 13.2. The highest BCUT2D eigenvalue weighted by molar-refractivity contribution is 5.87. The zero-order valence-corrected chi connectivity index (χ0v) is 16.3. The number of hydrogen-bond donors (Lipinski definition) is 0. The van der Waals surface area contributed by atoms with Crippen LogP contribution in [0.2, 0.25) is 0 Å². The lowest BCUT2D eigenvalue weighted by Crippen LogP contribution is -2.18. The molecule has 2 aromatic carbocycles. The molecule has 1 aliphatic heterocycles. The summed E-state index contributed by atoms with van der Waals surface area (Å²) < 4.78 is 11.8. The zero-order valence-electron chi connectivity index (χ0n) is 16.3. The summed E-state index contributed by atoms with van der Waals surface area (Å²) in [7, 11) is 0. The third-order valence-corrected chi connectivity index (χ3v) is 4.93. The third-order valence-electron chi connectivity index (χ3n) is 4.93. The van der Waals surface area contributed by atoms with Gasteiger partial charge in [-0.2, -0.15) is 0 Å². The average molecular weight is 347 g/mol. The summed E-state index contributed by atoms with van der Waals surface area (Å²) in [5.74, 6) is 2.21. The van der Waals surface area contributed by atoms with E-state index in [0.717, 1.165) is 22.9 Å². The standard InChI is InChI=1S/C23H25NO2/c1-14-11-17(23(4,5)6)12-15(2)21(14)24-18-9-7-8-10-20(18)26-22-19(24)13-16(3)25-22/h7-13H,1-6H3. The van der Waals surface area contributed by atoms with Gasteiger partial charge in [-0.05, 0) is 55.0 Å². The summed E-state index contributed by atoms with van der Waals surface area (Å²) in [6.45, 7) is 13.1. The van der Waals surface area contributed by atoms with Gasteiger partial charge in [-0.15, -0.1) is 0 Å². The molecule has 1 aliphatic rings. The van der Waals surface area contributed by atoms with Crippen molar-refractivity contribution >= 4 is 17.1 Å². The first-order chi connectivity index (χ1) is 12.3. The summed E-state index contributed by atoms with van der Waals surface area (Å²) in [5.41, 5.74) is 7.14. The van der Waals surface area contributed by atoms with Crippen LogP contribution in [0, 0.1) is 20.8 Å². The van der Waals surface area contributed by atoms with E-state index in [9.17, 15) is 0 Å². The van der Waals surface area contributed by atoms with Gasteiger partial charge in [0, 0.05) is 6.07 Å². The Morgan fingerprint density at radius 2 is 1.50 bits per heavy atom. The van der Waals surface area contributed by atoms with E-state index in [1.165, 1.54) is 22.4 Å². The lowest BCUT2D eigenvalue weighted by Gasteiger charge is -2.33. The molecule has 0 unspecified atom stereocenters. The molecule has 0 saturated carbocycles. The van der Waals surface area contributed by atoms with Crippen molar-refractivity contribution in [3.63, 3.8) is 0 Å². The minimum absolute atomic E-state index is 0.119. The minimum atomic E-state index is 0.119. The number of rotatable bonds is 1. The second-order valence-corrected chi connectivity index (χ2v) is 8.14. The number of anilines is 3. The number of fused-ring (bicyclic) bond motifs is 2. The van der Waals surface area contributed by atoms with E-state index in [1.807, 2.05) is 31.2 Å². The number of furan rings is 1. The molecule has 3 heteroatoms. The van der Waals surface area contributed by atoms with Crippen LogP contribution in [0.5, 0.6) is 11.7 Å². The lowest BCUT2D eigenvalue weighted by molar-refractivity contribution is 0.335. The largest absolute Gasteiger partial charge is 0.429 e. The fourth-order valence-electron chi connectivity index (χ4n) is 3.65. The van der Waals surface area contributed by atoms with E-state index in [0.29, 0.717) is 5.95 Å². The number of hydrogen-bond acceptors (Lipinski definition) is 3. The Labute approximate surface area is 155 Å². The van der Waals surface area contributed by atoms with Crippen molar-refractivity contribution in [3.8, 4) is 11.7 Å². The number of aryl methyl sites for hydroxylation is 3. The quantitative estimate of drug-likeness (QED) is 0.368. The first-order valence-electron chi connectivity index (χ1n) is 9.05. The van der Waals surface area contributed by atoms with Crippen molar-refractivity contribution in [2.24, 2.45) is 0 Å². The summed E-state index contributed by atoms with van der Waals surface area (Å²) in [4.78, 5) is 2.27. The predicted molar refractivity (Wildman–Crippen MR) is 106 cm³/mol. The Balaban J connectivity index is 1.97. The number of benzene rings is 2. The summed E-state index contributed by atoms with van der Waals surface area (Å²) in [5, 5.41) is 0. The zero-order chi connectivity index (χ0) is 18.6. The van der Waals surface area contributed by atoms with Crippen LogP contribution in [0.3, 0.4) is 0 Å². The van der Waals surface area contributed by atoms with Gasteiger partial charge in [0.25, 0.3) is 0 Å². The van der Waals surface area contributed by atoms with Crippen molar-refractivity contribution in [1.82, 2.24) is 0 Å². The molecule has 4 rings (SSSR count). The van der Waals surface area contributed by atoms with Gasteiger partial charge >= 0.3 is 5.95 Å². The Morgan fingerprint density at radius 1 is 0.846 bits per heavy atom. The van der Waals surface area contributed by atoms with Gasteiger partial charge in [0.05, 0.1) is 11.4 Å². The topological polar surface area (TPSA) is 25.6 Å². The van der Waals surface area contributed by atoms with Crippen molar-refractivity contribution in [1.29, 1.82) is 0 Å². The SMILES string of the molecule is Cc1cc2c(o1)Oc1ccccc1N2c1c(C)cc(C(C)(C)C)cc1C. The number of para-hydroxylation sites is 2. The van der Waals surface area contributed by atoms with Crippen LogP contribution in [0.1, 0.15) is 43.2 Å². The Morgan fingerprint density at radius 3 is 2.15 bits per heavy atom. The van der Waals surface area contributed by atoms with E-state index < -0.39 is 0 Å². The van der Waals surface area contributed by atoms with Crippen LogP contribution in [0.25, 0.3) is 0 Å².